The molecule has 3 aromatic carbocycles. The Morgan fingerprint density at radius 3 is 2.34 bits per heavy atom. The largest absolute Gasteiger partial charge is 0.476 e. The quantitative estimate of drug-likeness (QED) is 0.474. The normalized spacial score (nSPS) is 15.6. The molecule has 1 heterocycles. The van der Waals surface area contributed by atoms with Crippen LogP contribution in [0.1, 0.15) is 0 Å². The molecular formula is C22H19Cl2N3O6S2. The summed E-state index contributed by atoms with van der Waals surface area (Å²) >= 11 is 12.0. The van der Waals surface area contributed by atoms with Crippen molar-refractivity contribution in [3.63, 3.8) is 0 Å². The Kier molecular flexibility index (Phi) is 6.87. The summed E-state index contributed by atoms with van der Waals surface area (Å²) in [7, 11) is -7.63. The zero-order valence-electron chi connectivity index (χ0n) is 18.1. The topological polar surface area (TPSA) is 122 Å². The molecule has 1 aliphatic heterocycles. The number of hydrogen-bond donors (Lipinski definition) is 2. The third-order valence-electron chi connectivity index (χ3n) is 5.06. The summed E-state index contributed by atoms with van der Waals surface area (Å²) < 4.78 is 59.1. The molecule has 0 aromatic heterocycles. The van der Waals surface area contributed by atoms with Crippen molar-refractivity contribution < 1.29 is 26.4 Å². The van der Waals surface area contributed by atoms with E-state index in [4.69, 9.17) is 27.9 Å². The molecule has 0 saturated heterocycles. The van der Waals surface area contributed by atoms with E-state index in [2.05, 4.69) is 10.0 Å². The molecule has 13 heteroatoms. The van der Waals surface area contributed by atoms with Gasteiger partial charge in [-0.05, 0) is 48.5 Å². The molecule has 1 unspecified atom stereocenters. The minimum Gasteiger partial charge on any atom is -0.476 e. The average molecular weight is 556 g/mol. The Labute approximate surface area is 212 Å². The first-order chi connectivity index (χ1) is 16.5. The Bertz CT molecular complexity index is 1500. The van der Waals surface area contributed by atoms with Crippen LogP contribution in [-0.4, -0.2) is 41.6 Å². The lowest BCUT2D eigenvalue weighted by atomic mass is 10.2. The Balaban J connectivity index is 1.49. The molecule has 2 N–H and O–H groups in total. The molecular weight excluding hydrogens is 537 g/mol. The number of anilines is 3. The molecule has 0 aliphatic carbocycles. The van der Waals surface area contributed by atoms with Gasteiger partial charge in [-0.1, -0.05) is 41.4 Å². The molecule has 4 rings (SSSR count). The first-order valence-electron chi connectivity index (χ1n) is 10.1. The summed E-state index contributed by atoms with van der Waals surface area (Å²) in [5, 5.41) is 2.89. The van der Waals surface area contributed by atoms with Crippen molar-refractivity contribution in [3.05, 3.63) is 76.8 Å². The number of rotatable bonds is 6. The Morgan fingerprint density at radius 2 is 1.66 bits per heavy atom. The lowest BCUT2D eigenvalue weighted by molar-refractivity contribution is -0.122. The van der Waals surface area contributed by atoms with Crippen LogP contribution in [0.5, 0.6) is 5.75 Å². The number of nitrogens with zero attached hydrogens (tertiary/aromatic N) is 1. The van der Waals surface area contributed by atoms with Gasteiger partial charge in [0.25, 0.3) is 15.9 Å². The van der Waals surface area contributed by atoms with E-state index >= 15 is 0 Å². The summed E-state index contributed by atoms with van der Waals surface area (Å²) in [4.78, 5) is 12.8. The maximum absolute atomic E-state index is 12.8. The molecule has 184 valence electrons. The number of nitrogens with one attached hydrogen (secondary N) is 2. The number of hydrogen-bond acceptors (Lipinski definition) is 6. The molecule has 0 spiro atoms. The summed E-state index contributed by atoms with van der Waals surface area (Å²) in [6, 6.07) is 16.5. The monoisotopic (exact) mass is 555 g/mol. The third kappa shape index (κ3) is 5.48. The summed E-state index contributed by atoms with van der Waals surface area (Å²) in [5.41, 5.74) is 0.769. The number of fused-ring (bicyclic) bond motifs is 1. The fourth-order valence-corrected chi connectivity index (χ4v) is 5.77. The fraction of sp³-hybridized carbons (Fsp3) is 0.136. The van der Waals surface area contributed by atoms with Crippen LogP contribution in [0, 0.1) is 0 Å². The smallest absolute Gasteiger partial charge is 0.267 e. The van der Waals surface area contributed by atoms with Crippen molar-refractivity contribution in [2.75, 3.05) is 27.1 Å². The summed E-state index contributed by atoms with van der Waals surface area (Å²) in [6.45, 7) is -0.210. The van der Waals surface area contributed by atoms with Crippen LogP contribution in [-0.2, 0) is 24.8 Å². The van der Waals surface area contributed by atoms with Gasteiger partial charge in [-0.3, -0.25) is 13.8 Å². The van der Waals surface area contributed by atoms with Gasteiger partial charge in [0, 0.05) is 5.69 Å². The van der Waals surface area contributed by atoms with Crippen LogP contribution in [0.15, 0.2) is 71.6 Å². The van der Waals surface area contributed by atoms with E-state index in [1.54, 1.807) is 30.3 Å². The highest BCUT2D eigenvalue weighted by molar-refractivity contribution is 7.92. The van der Waals surface area contributed by atoms with Crippen LogP contribution in [0.3, 0.4) is 0 Å². The van der Waals surface area contributed by atoms with E-state index in [1.165, 1.54) is 36.4 Å². The van der Waals surface area contributed by atoms with Crippen molar-refractivity contribution in [2.45, 2.75) is 11.0 Å². The van der Waals surface area contributed by atoms with Crippen molar-refractivity contribution in [3.8, 4) is 5.75 Å². The average Bonchev–Trinajstić information content (AvgIpc) is 2.81. The van der Waals surface area contributed by atoms with Crippen LogP contribution < -0.4 is 19.1 Å². The minimum absolute atomic E-state index is 0.0684. The van der Waals surface area contributed by atoms with Gasteiger partial charge in [-0.2, -0.15) is 0 Å². The molecule has 35 heavy (non-hydrogen) atoms. The lowest BCUT2D eigenvalue weighted by Crippen LogP contribution is -2.48. The van der Waals surface area contributed by atoms with Gasteiger partial charge < -0.3 is 10.1 Å². The number of sulfonamides is 2. The van der Waals surface area contributed by atoms with E-state index in [1.807, 2.05) is 0 Å². The number of ether oxygens (including phenoxy) is 1. The van der Waals surface area contributed by atoms with Gasteiger partial charge >= 0.3 is 0 Å². The zero-order valence-corrected chi connectivity index (χ0v) is 21.2. The lowest BCUT2D eigenvalue weighted by Gasteiger charge is -2.33. The molecule has 1 amide bonds. The molecule has 9 nitrogen and oxygen atoms in total. The van der Waals surface area contributed by atoms with E-state index < -0.39 is 32.1 Å². The highest BCUT2D eigenvalue weighted by Crippen LogP contribution is 2.35. The molecule has 0 saturated carbocycles. The van der Waals surface area contributed by atoms with Gasteiger partial charge in [0.15, 0.2) is 6.10 Å². The summed E-state index contributed by atoms with van der Waals surface area (Å²) in [6.07, 6.45) is -0.0666. The minimum atomic E-state index is -3.98. The first kappa shape index (κ1) is 25.1. The predicted octanol–water partition coefficient (Wildman–Crippen LogP) is 3.96. The fourth-order valence-electron chi connectivity index (χ4n) is 3.38. The van der Waals surface area contributed by atoms with Gasteiger partial charge in [-0.15, -0.1) is 0 Å². The van der Waals surface area contributed by atoms with Crippen LogP contribution in [0.4, 0.5) is 17.1 Å². The molecule has 1 aliphatic rings. The number of carbonyl (C=O) groups is 1. The van der Waals surface area contributed by atoms with E-state index in [0.717, 1.165) is 10.6 Å². The van der Waals surface area contributed by atoms with Gasteiger partial charge in [0.2, 0.25) is 10.0 Å². The van der Waals surface area contributed by atoms with Crippen LogP contribution >= 0.6 is 23.2 Å². The zero-order chi connectivity index (χ0) is 25.4. The van der Waals surface area contributed by atoms with E-state index in [-0.39, 0.29) is 32.9 Å². The summed E-state index contributed by atoms with van der Waals surface area (Å²) in [5.74, 6) is -0.330. The Morgan fingerprint density at radius 1 is 0.971 bits per heavy atom. The number of para-hydroxylation sites is 2. The maximum atomic E-state index is 12.8. The second kappa shape index (κ2) is 9.57. The van der Waals surface area contributed by atoms with Crippen molar-refractivity contribution in [1.82, 2.24) is 0 Å². The van der Waals surface area contributed by atoms with Gasteiger partial charge in [0.1, 0.15) is 5.75 Å². The molecule has 3 aromatic rings. The van der Waals surface area contributed by atoms with E-state index in [9.17, 15) is 21.6 Å². The van der Waals surface area contributed by atoms with Crippen LogP contribution in [0.25, 0.3) is 0 Å². The Hall–Kier alpha value is -2.99. The predicted molar refractivity (Wildman–Crippen MR) is 135 cm³/mol. The number of benzene rings is 3. The van der Waals surface area contributed by atoms with Crippen molar-refractivity contribution in [2.24, 2.45) is 0 Å². The molecule has 0 fully saturated rings. The molecule has 0 bridgehead atoms. The second-order valence-corrected chi connectivity index (χ2v) is 12.0. The van der Waals surface area contributed by atoms with Gasteiger partial charge in [0.05, 0.1) is 39.1 Å². The standard InChI is InChI=1S/C22H19Cl2N3O6S2/c1-34(29,30)27-13-20(33-19-8-3-2-7-18(19)27)22(28)25-14-9-11-15(12-10-14)35(31,32)26-17-6-4-5-16(23)21(17)24/h2-12,20,26H,13H2,1H3,(H,25,28). The van der Waals surface area contributed by atoms with Gasteiger partial charge in [-0.25, -0.2) is 16.8 Å². The number of carbonyl (C=O) groups excluding carboxylic acids is 1. The number of amides is 1. The van der Waals surface area contributed by atoms with E-state index in [0.29, 0.717) is 11.4 Å². The first-order valence-corrected chi connectivity index (χ1v) is 14.2. The maximum Gasteiger partial charge on any atom is 0.267 e. The van der Waals surface area contributed by atoms with Crippen molar-refractivity contribution in [1.29, 1.82) is 0 Å². The SMILES string of the molecule is CS(=O)(=O)N1CC(C(=O)Nc2ccc(S(=O)(=O)Nc3cccc(Cl)c3Cl)cc2)Oc2ccccc21. The highest BCUT2D eigenvalue weighted by Gasteiger charge is 2.35. The second-order valence-electron chi connectivity index (χ2n) is 7.59. The highest BCUT2D eigenvalue weighted by atomic mass is 35.5. The molecule has 0 radical (unpaired) electrons. The molecule has 1 atom stereocenters. The third-order valence-corrected chi connectivity index (χ3v) is 8.40. The number of halogens is 2. The van der Waals surface area contributed by atoms with Crippen molar-refractivity contribution >= 4 is 66.2 Å². The van der Waals surface area contributed by atoms with Crippen LogP contribution in [0.2, 0.25) is 10.0 Å².